The smallest absolute Gasteiger partial charge is 0.263 e. The zero-order chi connectivity index (χ0) is 19.8. The van der Waals surface area contributed by atoms with Crippen molar-refractivity contribution in [1.29, 1.82) is 0 Å². The number of rotatable bonds is 5. The van der Waals surface area contributed by atoms with Crippen LogP contribution in [0.5, 0.6) is 0 Å². The predicted octanol–water partition coefficient (Wildman–Crippen LogP) is 1.04. The highest BCUT2D eigenvalue weighted by Gasteiger charge is 2.25. The maximum atomic E-state index is 12.1. The van der Waals surface area contributed by atoms with Gasteiger partial charge in [0.15, 0.2) is 5.11 Å². The van der Waals surface area contributed by atoms with Crippen LogP contribution >= 0.6 is 12.2 Å². The molecule has 0 aromatic heterocycles. The summed E-state index contributed by atoms with van der Waals surface area (Å²) in [6.07, 6.45) is 0.426. The van der Waals surface area contributed by atoms with E-state index in [-0.39, 0.29) is 17.4 Å². The number of amidine groups is 1. The van der Waals surface area contributed by atoms with Crippen molar-refractivity contribution in [2.75, 3.05) is 5.32 Å². The summed E-state index contributed by atoms with van der Waals surface area (Å²) in [5.74, 6) is -0.170. The van der Waals surface area contributed by atoms with Gasteiger partial charge in [-0.05, 0) is 29.9 Å². The van der Waals surface area contributed by atoms with Crippen molar-refractivity contribution in [1.82, 2.24) is 21.7 Å². The van der Waals surface area contributed by atoms with Gasteiger partial charge in [0, 0.05) is 12.1 Å². The molecule has 0 unspecified atom stereocenters. The molecule has 1 heterocycles. The van der Waals surface area contributed by atoms with E-state index >= 15 is 0 Å². The first kappa shape index (κ1) is 19.3. The molecule has 1 aliphatic rings. The molecule has 0 radical (unpaired) electrons. The van der Waals surface area contributed by atoms with Crippen LogP contribution in [0.2, 0.25) is 0 Å². The third-order valence-corrected chi connectivity index (χ3v) is 4.09. The fraction of sp³-hybridized carbons (Fsp3) is 0.158. The molecule has 2 aromatic carbocycles. The number of para-hydroxylation sites is 1. The highest BCUT2D eigenvalue weighted by atomic mass is 32.1. The fourth-order valence-corrected chi connectivity index (χ4v) is 2.72. The molecule has 0 saturated carbocycles. The first-order valence-electron chi connectivity index (χ1n) is 8.67. The monoisotopic (exact) mass is 396 g/mol. The molecular weight excluding hydrogens is 376 g/mol. The van der Waals surface area contributed by atoms with Crippen molar-refractivity contribution in [3.05, 3.63) is 66.2 Å². The van der Waals surface area contributed by atoms with Gasteiger partial charge in [0.25, 0.3) is 5.91 Å². The molecule has 1 aliphatic heterocycles. The molecule has 0 bridgehead atoms. The Hall–Kier alpha value is -3.46. The normalized spacial score (nSPS) is 15.5. The second-order valence-corrected chi connectivity index (χ2v) is 6.47. The van der Waals surface area contributed by atoms with Crippen LogP contribution in [0, 0.1) is 0 Å². The van der Waals surface area contributed by atoms with Crippen LogP contribution < -0.4 is 27.0 Å². The molecule has 1 atom stereocenters. The number of anilines is 1. The van der Waals surface area contributed by atoms with Crippen LogP contribution in [0.3, 0.4) is 0 Å². The minimum absolute atomic E-state index is 0.104. The SMILES string of the molecule is O=C(C[C@@H]1N=C(Cc2ccccc2)NNC1=O)NNC(=S)Nc1ccccc1. The molecule has 2 aromatic rings. The van der Waals surface area contributed by atoms with E-state index in [1.165, 1.54) is 0 Å². The summed E-state index contributed by atoms with van der Waals surface area (Å²) < 4.78 is 0. The Morgan fingerprint density at radius 1 is 1.00 bits per heavy atom. The predicted molar refractivity (Wildman–Crippen MR) is 111 cm³/mol. The molecule has 9 heteroatoms. The third-order valence-electron chi connectivity index (χ3n) is 3.88. The van der Waals surface area contributed by atoms with Gasteiger partial charge < -0.3 is 5.32 Å². The number of nitrogens with one attached hydrogen (secondary N) is 5. The van der Waals surface area contributed by atoms with Gasteiger partial charge in [-0.2, -0.15) is 0 Å². The Labute approximate surface area is 167 Å². The van der Waals surface area contributed by atoms with Gasteiger partial charge in [-0.15, -0.1) is 0 Å². The van der Waals surface area contributed by atoms with E-state index in [9.17, 15) is 9.59 Å². The average molecular weight is 396 g/mol. The lowest BCUT2D eigenvalue weighted by molar-refractivity contribution is -0.128. The molecule has 3 rings (SSSR count). The first-order chi connectivity index (χ1) is 13.6. The first-order valence-corrected chi connectivity index (χ1v) is 9.08. The lowest BCUT2D eigenvalue weighted by Crippen LogP contribution is -2.53. The largest absolute Gasteiger partial charge is 0.331 e. The van der Waals surface area contributed by atoms with E-state index < -0.39 is 11.9 Å². The number of hydrogen-bond donors (Lipinski definition) is 5. The van der Waals surface area contributed by atoms with Gasteiger partial charge in [0.2, 0.25) is 5.91 Å². The van der Waals surface area contributed by atoms with Gasteiger partial charge in [-0.3, -0.25) is 36.3 Å². The van der Waals surface area contributed by atoms with Crippen molar-refractivity contribution in [3.8, 4) is 0 Å². The Balaban J connectivity index is 1.49. The lowest BCUT2D eigenvalue weighted by atomic mass is 10.1. The summed E-state index contributed by atoms with van der Waals surface area (Å²) in [6, 6.07) is 18.2. The quantitative estimate of drug-likeness (QED) is 0.382. The van der Waals surface area contributed by atoms with Crippen LogP contribution in [0.25, 0.3) is 0 Å². The molecular formula is C19H20N6O2S. The summed E-state index contributed by atoms with van der Waals surface area (Å²) in [4.78, 5) is 28.5. The Bertz CT molecular complexity index is 873. The third kappa shape index (κ3) is 5.78. The van der Waals surface area contributed by atoms with E-state index in [0.29, 0.717) is 12.3 Å². The minimum atomic E-state index is -0.808. The van der Waals surface area contributed by atoms with Crippen LogP contribution in [0.4, 0.5) is 5.69 Å². The number of hydrogen-bond acceptors (Lipinski definition) is 5. The molecule has 0 fully saturated rings. The van der Waals surface area contributed by atoms with E-state index in [1.54, 1.807) is 0 Å². The van der Waals surface area contributed by atoms with Crippen molar-refractivity contribution in [2.24, 2.45) is 4.99 Å². The van der Waals surface area contributed by atoms with E-state index in [0.717, 1.165) is 11.3 Å². The fourth-order valence-electron chi connectivity index (χ4n) is 2.55. The number of carbonyl (C=O) groups is 2. The average Bonchev–Trinajstić information content (AvgIpc) is 2.70. The van der Waals surface area contributed by atoms with Crippen molar-refractivity contribution in [2.45, 2.75) is 18.9 Å². The summed E-state index contributed by atoms with van der Waals surface area (Å²) in [7, 11) is 0. The molecule has 5 N–H and O–H groups in total. The van der Waals surface area contributed by atoms with Crippen LogP contribution in [0.15, 0.2) is 65.7 Å². The van der Waals surface area contributed by atoms with Gasteiger partial charge in [0.1, 0.15) is 11.9 Å². The maximum absolute atomic E-state index is 12.1. The van der Waals surface area contributed by atoms with E-state index in [2.05, 4.69) is 32.0 Å². The van der Waals surface area contributed by atoms with Gasteiger partial charge in [0.05, 0.1) is 6.42 Å². The van der Waals surface area contributed by atoms with Crippen LogP contribution in [-0.4, -0.2) is 28.8 Å². The highest BCUT2D eigenvalue weighted by Crippen LogP contribution is 2.07. The second kappa shape index (κ2) is 9.47. The number of nitrogens with zero attached hydrogens (tertiary/aromatic N) is 1. The Morgan fingerprint density at radius 3 is 2.39 bits per heavy atom. The summed E-state index contributed by atoms with van der Waals surface area (Å²) in [5.41, 5.74) is 12.2. The van der Waals surface area contributed by atoms with Gasteiger partial charge >= 0.3 is 0 Å². The summed E-state index contributed by atoms with van der Waals surface area (Å²) in [6.45, 7) is 0. The zero-order valence-corrected chi connectivity index (χ0v) is 15.8. The Morgan fingerprint density at radius 2 is 1.68 bits per heavy atom. The van der Waals surface area contributed by atoms with E-state index in [4.69, 9.17) is 12.2 Å². The van der Waals surface area contributed by atoms with Crippen LogP contribution in [-0.2, 0) is 16.0 Å². The lowest BCUT2D eigenvalue weighted by Gasteiger charge is -2.22. The minimum Gasteiger partial charge on any atom is -0.331 e. The Kier molecular flexibility index (Phi) is 6.53. The number of thiocarbonyl (C=S) groups is 1. The molecule has 144 valence electrons. The van der Waals surface area contributed by atoms with E-state index in [1.807, 2.05) is 60.7 Å². The molecule has 8 nitrogen and oxygen atoms in total. The van der Waals surface area contributed by atoms with Crippen molar-refractivity contribution >= 4 is 40.7 Å². The van der Waals surface area contributed by atoms with Gasteiger partial charge in [-0.1, -0.05) is 48.5 Å². The summed E-state index contributed by atoms with van der Waals surface area (Å²) in [5, 5.41) is 3.17. The topological polar surface area (TPSA) is 107 Å². The standard InChI is InChI=1S/C19H20N6O2S/c26-17(23-25-19(28)20-14-9-5-2-6-10-14)12-15-18(27)24-22-16(21-15)11-13-7-3-1-4-8-13/h1-10,15H,11-12H2,(H,21,22)(H,23,26)(H,24,27)(H2,20,25,28)/t15-/m0/s1. The second-order valence-electron chi connectivity index (χ2n) is 6.07. The molecule has 2 amide bonds. The number of hydrazine groups is 2. The number of benzene rings is 2. The number of aliphatic imine (C=N–C) groups is 1. The summed E-state index contributed by atoms with van der Waals surface area (Å²) >= 11 is 5.12. The van der Waals surface area contributed by atoms with Gasteiger partial charge in [-0.25, -0.2) is 0 Å². The van der Waals surface area contributed by atoms with Crippen molar-refractivity contribution in [3.63, 3.8) is 0 Å². The van der Waals surface area contributed by atoms with Crippen molar-refractivity contribution < 1.29 is 9.59 Å². The van der Waals surface area contributed by atoms with Crippen LogP contribution in [0.1, 0.15) is 12.0 Å². The molecule has 0 spiro atoms. The maximum Gasteiger partial charge on any atom is 0.263 e. The molecule has 28 heavy (non-hydrogen) atoms. The zero-order valence-electron chi connectivity index (χ0n) is 14.9. The number of amides is 2. The number of carbonyl (C=O) groups excluding carboxylic acids is 2. The molecule has 0 aliphatic carbocycles. The molecule has 0 saturated heterocycles. The highest BCUT2D eigenvalue weighted by molar-refractivity contribution is 7.80.